The molecule has 2 atom stereocenters. The maximum absolute atomic E-state index is 13.2. The van der Waals surface area contributed by atoms with Crippen LogP contribution in [-0.2, 0) is 0 Å². The predicted octanol–water partition coefficient (Wildman–Crippen LogP) is 2.66. The van der Waals surface area contributed by atoms with E-state index in [0.29, 0.717) is 6.04 Å². The molecule has 0 aliphatic heterocycles. The topological polar surface area (TPSA) is 12.0 Å². The van der Waals surface area contributed by atoms with Gasteiger partial charge < -0.3 is 5.32 Å². The lowest BCUT2D eigenvalue weighted by Crippen LogP contribution is -2.47. The Kier molecular flexibility index (Phi) is 2.87. The SMILES string of the molecule is CCC1CC(N[C@H]2CCC[C@H]2F)C1. The molecule has 0 amide bonds. The highest BCUT2D eigenvalue weighted by Crippen LogP contribution is 2.32. The molecule has 0 spiro atoms. The third kappa shape index (κ3) is 2.04. The van der Waals surface area contributed by atoms with Crippen LogP contribution < -0.4 is 5.32 Å². The van der Waals surface area contributed by atoms with Gasteiger partial charge in [-0.2, -0.15) is 0 Å². The molecule has 2 rings (SSSR count). The molecule has 2 aliphatic carbocycles. The highest BCUT2D eigenvalue weighted by atomic mass is 19.1. The maximum atomic E-state index is 13.2. The van der Waals surface area contributed by atoms with Crippen LogP contribution in [0.5, 0.6) is 0 Å². The minimum Gasteiger partial charge on any atom is -0.308 e. The molecule has 1 N–H and O–H groups in total. The molecular formula is C11H20FN. The van der Waals surface area contributed by atoms with Gasteiger partial charge in [-0.05, 0) is 38.0 Å². The van der Waals surface area contributed by atoms with E-state index < -0.39 is 6.17 Å². The van der Waals surface area contributed by atoms with Crippen LogP contribution in [0.3, 0.4) is 0 Å². The zero-order valence-corrected chi connectivity index (χ0v) is 8.43. The molecule has 0 unspecified atom stereocenters. The second-order valence-electron chi connectivity index (χ2n) is 4.66. The second-order valence-corrected chi connectivity index (χ2v) is 4.66. The molecule has 1 nitrogen and oxygen atoms in total. The Labute approximate surface area is 80.1 Å². The van der Waals surface area contributed by atoms with Crippen LogP contribution in [0.1, 0.15) is 45.4 Å². The highest BCUT2D eigenvalue weighted by molar-refractivity contribution is 4.91. The molecule has 76 valence electrons. The fourth-order valence-corrected chi connectivity index (χ4v) is 2.61. The van der Waals surface area contributed by atoms with Crippen LogP contribution in [-0.4, -0.2) is 18.3 Å². The number of nitrogens with one attached hydrogen (secondary N) is 1. The van der Waals surface area contributed by atoms with E-state index in [-0.39, 0.29) is 6.04 Å². The summed E-state index contributed by atoms with van der Waals surface area (Å²) in [6.45, 7) is 2.24. The lowest BCUT2D eigenvalue weighted by molar-refractivity contribution is 0.173. The van der Waals surface area contributed by atoms with Crippen LogP contribution in [0.15, 0.2) is 0 Å². The van der Waals surface area contributed by atoms with E-state index in [1.807, 2.05) is 0 Å². The highest BCUT2D eigenvalue weighted by Gasteiger charge is 2.33. The van der Waals surface area contributed by atoms with Crippen LogP contribution in [0.25, 0.3) is 0 Å². The summed E-state index contributed by atoms with van der Waals surface area (Å²) < 4.78 is 13.2. The Bertz CT molecular complexity index is 165. The third-order valence-electron chi connectivity index (χ3n) is 3.69. The number of halogens is 1. The van der Waals surface area contributed by atoms with Gasteiger partial charge in [0.1, 0.15) is 6.17 Å². The molecule has 0 saturated heterocycles. The summed E-state index contributed by atoms with van der Waals surface area (Å²) >= 11 is 0. The van der Waals surface area contributed by atoms with Crippen LogP contribution in [0.2, 0.25) is 0 Å². The molecule has 2 heteroatoms. The van der Waals surface area contributed by atoms with Crippen molar-refractivity contribution in [3.8, 4) is 0 Å². The fourth-order valence-electron chi connectivity index (χ4n) is 2.61. The van der Waals surface area contributed by atoms with Crippen molar-refractivity contribution in [3.63, 3.8) is 0 Å². The molecule has 2 aliphatic rings. The summed E-state index contributed by atoms with van der Waals surface area (Å²) in [6, 6.07) is 0.814. The molecule has 13 heavy (non-hydrogen) atoms. The molecule has 2 saturated carbocycles. The molecule has 2 fully saturated rings. The van der Waals surface area contributed by atoms with Gasteiger partial charge in [0.15, 0.2) is 0 Å². The Morgan fingerprint density at radius 1 is 1.31 bits per heavy atom. The summed E-state index contributed by atoms with van der Waals surface area (Å²) in [7, 11) is 0. The smallest absolute Gasteiger partial charge is 0.115 e. The van der Waals surface area contributed by atoms with E-state index in [9.17, 15) is 4.39 Å². The van der Waals surface area contributed by atoms with Crippen molar-refractivity contribution in [1.82, 2.24) is 5.32 Å². The monoisotopic (exact) mass is 185 g/mol. The predicted molar refractivity (Wildman–Crippen MR) is 52.5 cm³/mol. The van der Waals surface area contributed by atoms with Gasteiger partial charge in [-0.15, -0.1) is 0 Å². The molecule has 0 aromatic rings. The molecule has 0 aromatic heterocycles. The lowest BCUT2D eigenvalue weighted by atomic mass is 9.78. The first-order valence-electron chi connectivity index (χ1n) is 5.69. The molecule has 0 aromatic carbocycles. The summed E-state index contributed by atoms with van der Waals surface area (Å²) in [5, 5.41) is 3.45. The Balaban J connectivity index is 1.68. The van der Waals surface area contributed by atoms with Gasteiger partial charge >= 0.3 is 0 Å². The first kappa shape index (κ1) is 9.45. The summed E-state index contributed by atoms with van der Waals surface area (Å²) in [5.41, 5.74) is 0. The van der Waals surface area contributed by atoms with Crippen molar-refractivity contribution in [2.24, 2.45) is 5.92 Å². The first-order chi connectivity index (χ1) is 6.29. The zero-order chi connectivity index (χ0) is 9.26. The normalized spacial score (nSPS) is 44.8. The molecule has 0 heterocycles. The van der Waals surface area contributed by atoms with Gasteiger partial charge in [0, 0.05) is 12.1 Å². The van der Waals surface area contributed by atoms with E-state index in [1.165, 1.54) is 19.3 Å². The standard InChI is InChI=1S/C11H20FN/c1-2-8-6-9(7-8)13-11-5-3-4-10(11)12/h8-11,13H,2-7H2,1H3/t8?,9?,10-,11+/m1/s1. The van der Waals surface area contributed by atoms with Gasteiger partial charge in [0.2, 0.25) is 0 Å². The van der Waals surface area contributed by atoms with Crippen LogP contribution in [0.4, 0.5) is 4.39 Å². The van der Waals surface area contributed by atoms with E-state index in [2.05, 4.69) is 12.2 Å². The minimum atomic E-state index is -0.569. The van der Waals surface area contributed by atoms with E-state index in [1.54, 1.807) is 0 Å². The van der Waals surface area contributed by atoms with E-state index in [0.717, 1.165) is 25.2 Å². The van der Waals surface area contributed by atoms with Crippen molar-refractivity contribution < 1.29 is 4.39 Å². The first-order valence-corrected chi connectivity index (χ1v) is 5.69. The van der Waals surface area contributed by atoms with Crippen molar-refractivity contribution in [1.29, 1.82) is 0 Å². The average molecular weight is 185 g/mol. The Morgan fingerprint density at radius 3 is 2.62 bits per heavy atom. The van der Waals surface area contributed by atoms with Crippen LogP contribution >= 0.6 is 0 Å². The largest absolute Gasteiger partial charge is 0.308 e. The third-order valence-corrected chi connectivity index (χ3v) is 3.69. The van der Waals surface area contributed by atoms with Crippen molar-refractivity contribution in [3.05, 3.63) is 0 Å². The van der Waals surface area contributed by atoms with Crippen LogP contribution in [0, 0.1) is 5.92 Å². The lowest BCUT2D eigenvalue weighted by Gasteiger charge is -2.37. The minimum absolute atomic E-state index is 0.183. The maximum Gasteiger partial charge on any atom is 0.115 e. The number of hydrogen-bond acceptors (Lipinski definition) is 1. The molecule has 0 radical (unpaired) electrons. The summed E-state index contributed by atoms with van der Waals surface area (Å²) in [5.74, 6) is 0.914. The van der Waals surface area contributed by atoms with Crippen molar-refractivity contribution in [2.75, 3.05) is 0 Å². The van der Waals surface area contributed by atoms with Gasteiger partial charge in [0.25, 0.3) is 0 Å². The fraction of sp³-hybridized carbons (Fsp3) is 1.00. The number of rotatable bonds is 3. The quantitative estimate of drug-likeness (QED) is 0.712. The number of hydrogen-bond donors (Lipinski definition) is 1. The van der Waals surface area contributed by atoms with Crippen molar-refractivity contribution >= 4 is 0 Å². The summed E-state index contributed by atoms with van der Waals surface area (Å²) in [4.78, 5) is 0. The van der Waals surface area contributed by atoms with Gasteiger partial charge in [0.05, 0.1) is 0 Å². The van der Waals surface area contributed by atoms with E-state index >= 15 is 0 Å². The Hall–Kier alpha value is -0.110. The van der Waals surface area contributed by atoms with Gasteiger partial charge in [-0.1, -0.05) is 13.3 Å². The average Bonchev–Trinajstić information content (AvgIpc) is 2.43. The molecular weight excluding hydrogens is 165 g/mol. The molecule has 0 bridgehead atoms. The van der Waals surface area contributed by atoms with Crippen molar-refractivity contribution in [2.45, 2.75) is 63.7 Å². The zero-order valence-electron chi connectivity index (χ0n) is 8.43. The number of alkyl halides is 1. The second kappa shape index (κ2) is 3.95. The Morgan fingerprint density at radius 2 is 2.08 bits per heavy atom. The van der Waals surface area contributed by atoms with Gasteiger partial charge in [-0.3, -0.25) is 0 Å². The van der Waals surface area contributed by atoms with Gasteiger partial charge in [-0.25, -0.2) is 4.39 Å². The summed E-state index contributed by atoms with van der Waals surface area (Å²) in [6.07, 6.45) is 6.18. The van der Waals surface area contributed by atoms with E-state index in [4.69, 9.17) is 0 Å².